The first-order valence-electron chi connectivity index (χ1n) is 7.63. The first kappa shape index (κ1) is 12.9. The Hall–Kier alpha value is -0.120. The molecule has 18 heavy (non-hydrogen) atoms. The number of nitrogens with one attached hydrogen (secondary N) is 1. The second kappa shape index (κ2) is 4.77. The van der Waals surface area contributed by atoms with Crippen molar-refractivity contribution in [1.29, 1.82) is 0 Å². The van der Waals surface area contributed by atoms with Gasteiger partial charge in [-0.25, -0.2) is 0 Å². The summed E-state index contributed by atoms with van der Waals surface area (Å²) in [4.78, 5) is 0. The highest BCUT2D eigenvalue weighted by Crippen LogP contribution is 2.52. The molecule has 3 fully saturated rings. The lowest BCUT2D eigenvalue weighted by Crippen LogP contribution is -2.50. The maximum absolute atomic E-state index is 6.07. The summed E-state index contributed by atoms with van der Waals surface area (Å²) in [7, 11) is 0. The van der Waals surface area contributed by atoms with E-state index in [-0.39, 0.29) is 5.60 Å². The Morgan fingerprint density at radius 3 is 2.72 bits per heavy atom. The molecule has 104 valence electrons. The summed E-state index contributed by atoms with van der Waals surface area (Å²) >= 11 is 0. The zero-order valence-corrected chi connectivity index (χ0v) is 11.8. The molecule has 1 spiro atoms. The van der Waals surface area contributed by atoms with Gasteiger partial charge in [0.2, 0.25) is 0 Å². The standard InChI is InChI=1S/C15H27NO2/c1-3-16-13(14(2)5-6-14)12-4-8-18-15(10-12)7-9-17-11-15/h12-13,16H,3-11H2,1-2H3. The smallest absolute Gasteiger partial charge is 0.0939 e. The second-order valence-corrected chi connectivity index (χ2v) is 6.78. The van der Waals surface area contributed by atoms with E-state index >= 15 is 0 Å². The highest BCUT2D eigenvalue weighted by Gasteiger charge is 2.51. The van der Waals surface area contributed by atoms with E-state index in [1.807, 2.05) is 0 Å². The molecule has 1 N–H and O–H groups in total. The van der Waals surface area contributed by atoms with Gasteiger partial charge in [-0.3, -0.25) is 0 Å². The van der Waals surface area contributed by atoms with E-state index in [4.69, 9.17) is 9.47 Å². The van der Waals surface area contributed by atoms with Crippen molar-refractivity contribution in [1.82, 2.24) is 5.32 Å². The molecule has 3 rings (SSSR count). The molecule has 3 atom stereocenters. The van der Waals surface area contributed by atoms with Crippen LogP contribution in [0.4, 0.5) is 0 Å². The fraction of sp³-hybridized carbons (Fsp3) is 1.00. The minimum absolute atomic E-state index is 0.0574. The maximum atomic E-state index is 6.07. The lowest BCUT2D eigenvalue weighted by atomic mass is 9.76. The molecule has 0 amide bonds. The van der Waals surface area contributed by atoms with Crippen molar-refractivity contribution in [2.24, 2.45) is 11.3 Å². The summed E-state index contributed by atoms with van der Waals surface area (Å²) in [6.07, 6.45) is 6.30. The Kier molecular flexibility index (Phi) is 3.41. The Morgan fingerprint density at radius 1 is 1.28 bits per heavy atom. The molecule has 1 aliphatic carbocycles. The number of hydrogen-bond donors (Lipinski definition) is 1. The van der Waals surface area contributed by atoms with Crippen molar-refractivity contribution in [3.05, 3.63) is 0 Å². The molecule has 0 aromatic carbocycles. The third kappa shape index (κ3) is 2.33. The monoisotopic (exact) mass is 253 g/mol. The van der Waals surface area contributed by atoms with Crippen LogP contribution in [0.2, 0.25) is 0 Å². The van der Waals surface area contributed by atoms with Gasteiger partial charge in [-0.05, 0) is 43.6 Å². The topological polar surface area (TPSA) is 30.5 Å². The first-order valence-corrected chi connectivity index (χ1v) is 7.63. The highest BCUT2D eigenvalue weighted by molar-refractivity contribution is 5.04. The lowest BCUT2D eigenvalue weighted by Gasteiger charge is -2.42. The Balaban J connectivity index is 1.69. The van der Waals surface area contributed by atoms with E-state index < -0.39 is 0 Å². The zero-order valence-electron chi connectivity index (χ0n) is 11.8. The number of ether oxygens (including phenoxy) is 2. The Bertz CT molecular complexity index is 295. The normalized spacial score (nSPS) is 40.0. The van der Waals surface area contributed by atoms with Crippen LogP contribution in [0.5, 0.6) is 0 Å². The van der Waals surface area contributed by atoms with Crippen molar-refractivity contribution in [2.45, 2.75) is 57.6 Å². The SMILES string of the molecule is CCNC(C1CCOC2(CCOC2)C1)C1(C)CC1. The van der Waals surface area contributed by atoms with E-state index in [1.165, 1.54) is 25.7 Å². The molecular formula is C15H27NO2. The molecule has 3 heteroatoms. The van der Waals surface area contributed by atoms with Crippen LogP contribution in [0, 0.1) is 11.3 Å². The average molecular weight is 253 g/mol. The van der Waals surface area contributed by atoms with Crippen molar-refractivity contribution in [3.8, 4) is 0 Å². The van der Waals surface area contributed by atoms with Crippen LogP contribution in [-0.2, 0) is 9.47 Å². The van der Waals surface area contributed by atoms with E-state index in [1.54, 1.807) is 0 Å². The average Bonchev–Trinajstić information content (AvgIpc) is 2.96. The van der Waals surface area contributed by atoms with Crippen LogP contribution < -0.4 is 5.32 Å². The van der Waals surface area contributed by atoms with E-state index in [0.29, 0.717) is 11.5 Å². The summed E-state index contributed by atoms with van der Waals surface area (Å²) in [5.74, 6) is 0.771. The molecule has 2 saturated heterocycles. The molecule has 3 aliphatic rings. The molecule has 2 aliphatic heterocycles. The van der Waals surface area contributed by atoms with Crippen molar-refractivity contribution >= 4 is 0 Å². The van der Waals surface area contributed by atoms with Gasteiger partial charge >= 0.3 is 0 Å². The largest absolute Gasteiger partial charge is 0.378 e. The van der Waals surface area contributed by atoms with Crippen LogP contribution in [0.15, 0.2) is 0 Å². The third-order valence-corrected chi connectivity index (χ3v) is 5.28. The van der Waals surface area contributed by atoms with Gasteiger partial charge in [0.05, 0.1) is 12.2 Å². The van der Waals surface area contributed by atoms with E-state index in [2.05, 4.69) is 19.2 Å². The van der Waals surface area contributed by atoms with Crippen LogP contribution >= 0.6 is 0 Å². The highest BCUT2D eigenvalue weighted by atomic mass is 16.6. The van der Waals surface area contributed by atoms with Gasteiger partial charge in [0.25, 0.3) is 0 Å². The molecule has 0 radical (unpaired) electrons. The van der Waals surface area contributed by atoms with Crippen molar-refractivity contribution in [3.63, 3.8) is 0 Å². The third-order valence-electron chi connectivity index (χ3n) is 5.28. The Morgan fingerprint density at radius 2 is 2.11 bits per heavy atom. The van der Waals surface area contributed by atoms with E-state index in [0.717, 1.165) is 38.7 Å². The van der Waals surface area contributed by atoms with Crippen molar-refractivity contribution < 1.29 is 9.47 Å². The first-order chi connectivity index (χ1) is 8.68. The molecular weight excluding hydrogens is 226 g/mol. The molecule has 3 nitrogen and oxygen atoms in total. The van der Waals surface area contributed by atoms with Gasteiger partial charge in [-0.15, -0.1) is 0 Å². The van der Waals surface area contributed by atoms with E-state index in [9.17, 15) is 0 Å². The number of hydrogen-bond acceptors (Lipinski definition) is 3. The molecule has 1 saturated carbocycles. The van der Waals surface area contributed by atoms with Gasteiger partial charge in [0.1, 0.15) is 0 Å². The summed E-state index contributed by atoms with van der Waals surface area (Å²) < 4.78 is 11.6. The minimum Gasteiger partial charge on any atom is -0.378 e. The molecule has 0 bridgehead atoms. The lowest BCUT2D eigenvalue weighted by molar-refractivity contribution is -0.106. The summed E-state index contributed by atoms with van der Waals surface area (Å²) in [6, 6.07) is 0.684. The number of rotatable bonds is 4. The van der Waals surface area contributed by atoms with Gasteiger partial charge in [0, 0.05) is 25.7 Å². The summed E-state index contributed by atoms with van der Waals surface area (Å²) in [5.41, 5.74) is 0.612. The summed E-state index contributed by atoms with van der Waals surface area (Å²) in [5, 5.41) is 3.76. The molecule has 0 aromatic heterocycles. The van der Waals surface area contributed by atoms with Gasteiger partial charge < -0.3 is 14.8 Å². The van der Waals surface area contributed by atoms with Crippen LogP contribution in [0.3, 0.4) is 0 Å². The van der Waals surface area contributed by atoms with Crippen molar-refractivity contribution in [2.75, 3.05) is 26.4 Å². The summed E-state index contributed by atoms with van der Waals surface area (Å²) in [6.45, 7) is 8.39. The Labute approximate surface area is 111 Å². The van der Waals surface area contributed by atoms with Crippen LogP contribution in [0.1, 0.15) is 46.0 Å². The fourth-order valence-electron chi connectivity index (χ4n) is 3.92. The predicted molar refractivity (Wildman–Crippen MR) is 71.6 cm³/mol. The second-order valence-electron chi connectivity index (χ2n) is 6.78. The molecule has 3 unspecified atom stereocenters. The zero-order chi connectivity index (χ0) is 12.6. The van der Waals surface area contributed by atoms with Gasteiger partial charge in [-0.2, -0.15) is 0 Å². The van der Waals surface area contributed by atoms with Crippen LogP contribution in [0.25, 0.3) is 0 Å². The molecule has 2 heterocycles. The predicted octanol–water partition coefficient (Wildman–Crippen LogP) is 2.35. The molecule has 0 aromatic rings. The van der Waals surface area contributed by atoms with Gasteiger partial charge in [-0.1, -0.05) is 13.8 Å². The quantitative estimate of drug-likeness (QED) is 0.834. The fourth-order valence-corrected chi connectivity index (χ4v) is 3.92. The van der Waals surface area contributed by atoms with Crippen LogP contribution in [-0.4, -0.2) is 38.0 Å². The maximum Gasteiger partial charge on any atom is 0.0939 e. The minimum atomic E-state index is 0.0574. The van der Waals surface area contributed by atoms with Gasteiger partial charge in [0.15, 0.2) is 0 Å².